The Morgan fingerprint density at radius 3 is 2.44 bits per heavy atom. The molecule has 0 aliphatic carbocycles. The third-order valence-corrected chi connectivity index (χ3v) is 4.53. The van der Waals surface area contributed by atoms with Crippen molar-refractivity contribution in [3.05, 3.63) is 66.0 Å². The van der Waals surface area contributed by atoms with Crippen LogP contribution >= 0.6 is 0 Å². The average Bonchev–Trinajstić information content (AvgIpc) is 2.64. The minimum absolute atomic E-state index is 0.0577. The SMILES string of the molecule is O=C(CN1CCC(Nc2ccccc2)CC1)NCc1ccccc1F. The first-order valence-electron chi connectivity index (χ1n) is 8.75. The molecular weight excluding hydrogens is 317 g/mol. The maximum Gasteiger partial charge on any atom is 0.234 e. The topological polar surface area (TPSA) is 44.4 Å². The van der Waals surface area contributed by atoms with E-state index in [4.69, 9.17) is 0 Å². The van der Waals surface area contributed by atoms with Crippen molar-refractivity contribution in [1.29, 1.82) is 0 Å². The lowest BCUT2D eigenvalue weighted by molar-refractivity contribution is -0.122. The number of piperidine rings is 1. The van der Waals surface area contributed by atoms with E-state index < -0.39 is 0 Å². The van der Waals surface area contributed by atoms with E-state index in [9.17, 15) is 9.18 Å². The highest BCUT2D eigenvalue weighted by Crippen LogP contribution is 2.16. The zero-order chi connectivity index (χ0) is 17.5. The second kappa shape index (κ2) is 8.62. The first kappa shape index (κ1) is 17.4. The molecule has 1 aliphatic rings. The van der Waals surface area contributed by atoms with Crippen molar-refractivity contribution in [2.24, 2.45) is 0 Å². The van der Waals surface area contributed by atoms with Gasteiger partial charge in [0.15, 0.2) is 0 Å². The van der Waals surface area contributed by atoms with Gasteiger partial charge in [0.25, 0.3) is 0 Å². The van der Waals surface area contributed by atoms with E-state index >= 15 is 0 Å². The summed E-state index contributed by atoms with van der Waals surface area (Å²) < 4.78 is 13.6. The van der Waals surface area contributed by atoms with Crippen molar-refractivity contribution < 1.29 is 9.18 Å². The molecule has 25 heavy (non-hydrogen) atoms. The van der Waals surface area contributed by atoms with Crippen LogP contribution in [0.25, 0.3) is 0 Å². The Balaban J connectivity index is 1.38. The summed E-state index contributed by atoms with van der Waals surface area (Å²) in [5, 5.41) is 6.34. The van der Waals surface area contributed by atoms with Crippen LogP contribution in [0.3, 0.4) is 0 Å². The fraction of sp³-hybridized carbons (Fsp3) is 0.350. The summed E-state index contributed by atoms with van der Waals surface area (Å²) in [4.78, 5) is 14.2. The Labute approximate surface area is 148 Å². The first-order chi connectivity index (χ1) is 12.2. The maximum absolute atomic E-state index is 13.6. The van der Waals surface area contributed by atoms with Crippen molar-refractivity contribution in [2.45, 2.75) is 25.4 Å². The Hall–Kier alpha value is -2.40. The summed E-state index contributed by atoms with van der Waals surface area (Å²) in [6, 6.07) is 17.2. The van der Waals surface area contributed by atoms with E-state index in [-0.39, 0.29) is 18.3 Å². The highest BCUT2D eigenvalue weighted by molar-refractivity contribution is 5.78. The van der Waals surface area contributed by atoms with E-state index in [0.717, 1.165) is 31.6 Å². The molecule has 1 saturated heterocycles. The second-order valence-electron chi connectivity index (χ2n) is 6.43. The molecule has 5 heteroatoms. The Morgan fingerprint density at radius 1 is 1.04 bits per heavy atom. The minimum Gasteiger partial charge on any atom is -0.382 e. The van der Waals surface area contributed by atoms with Crippen LogP contribution < -0.4 is 10.6 Å². The quantitative estimate of drug-likeness (QED) is 0.849. The molecule has 2 N–H and O–H groups in total. The lowest BCUT2D eigenvalue weighted by Crippen LogP contribution is -2.44. The van der Waals surface area contributed by atoms with Crippen molar-refractivity contribution in [1.82, 2.24) is 10.2 Å². The number of nitrogens with zero attached hydrogens (tertiary/aromatic N) is 1. The average molecular weight is 341 g/mol. The number of halogens is 1. The predicted molar refractivity (Wildman–Crippen MR) is 97.8 cm³/mol. The number of para-hydroxylation sites is 1. The van der Waals surface area contributed by atoms with Gasteiger partial charge in [-0.25, -0.2) is 4.39 Å². The Bertz CT molecular complexity index is 684. The molecule has 0 bridgehead atoms. The van der Waals surface area contributed by atoms with Crippen LogP contribution in [0.1, 0.15) is 18.4 Å². The summed E-state index contributed by atoms with van der Waals surface area (Å²) in [7, 11) is 0. The van der Waals surface area contributed by atoms with Gasteiger partial charge in [0.1, 0.15) is 5.82 Å². The van der Waals surface area contributed by atoms with Gasteiger partial charge in [-0.15, -0.1) is 0 Å². The highest BCUT2D eigenvalue weighted by Gasteiger charge is 2.20. The van der Waals surface area contributed by atoms with Crippen LogP contribution in [-0.4, -0.2) is 36.5 Å². The largest absolute Gasteiger partial charge is 0.382 e. The van der Waals surface area contributed by atoms with Crippen LogP contribution in [0.15, 0.2) is 54.6 Å². The van der Waals surface area contributed by atoms with Gasteiger partial charge in [-0.1, -0.05) is 36.4 Å². The van der Waals surface area contributed by atoms with Crippen molar-refractivity contribution in [2.75, 3.05) is 25.0 Å². The van der Waals surface area contributed by atoms with Crippen LogP contribution in [0, 0.1) is 5.82 Å². The molecule has 0 atom stereocenters. The number of rotatable bonds is 6. The van der Waals surface area contributed by atoms with E-state index in [1.165, 1.54) is 6.07 Å². The molecule has 4 nitrogen and oxygen atoms in total. The van der Waals surface area contributed by atoms with Gasteiger partial charge in [0, 0.05) is 36.9 Å². The molecular formula is C20H24FN3O. The molecule has 1 amide bonds. The number of hydrogen-bond acceptors (Lipinski definition) is 3. The highest BCUT2D eigenvalue weighted by atomic mass is 19.1. The summed E-state index contributed by atoms with van der Waals surface area (Å²) in [5.74, 6) is -0.340. The number of hydrogen-bond donors (Lipinski definition) is 2. The number of nitrogens with one attached hydrogen (secondary N) is 2. The van der Waals surface area contributed by atoms with E-state index in [1.807, 2.05) is 18.2 Å². The van der Waals surface area contributed by atoms with Crippen molar-refractivity contribution in [3.8, 4) is 0 Å². The molecule has 1 fully saturated rings. The van der Waals surface area contributed by atoms with Crippen LogP contribution in [0.2, 0.25) is 0 Å². The number of benzene rings is 2. The van der Waals surface area contributed by atoms with Gasteiger partial charge < -0.3 is 10.6 Å². The molecule has 0 aromatic heterocycles. The summed E-state index contributed by atoms with van der Waals surface area (Å²) in [5.41, 5.74) is 1.66. The molecule has 1 aliphatic heterocycles. The van der Waals surface area contributed by atoms with E-state index in [2.05, 4.69) is 27.7 Å². The van der Waals surface area contributed by atoms with Gasteiger partial charge in [-0.05, 0) is 31.0 Å². The molecule has 2 aromatic carbocycles. The number of amides is 1. The fourth-order valence-electron chi connectivity index (χ4n) is 3.10. The van der Waals surface area contributed by atoms with Gasteiger partial charge in [0.05, 0.1) is 6.54 Å². The van der Waals surface area contributed by atoms with Crippen LogP contribution in [-0.2, 0) is 11.3 Å². The zero-order valence-electron chi connectivity index (χ0n) is 14.2. The van der Waals surface area contributed by atoms with Gasteiger partial charge in [-0.2, -0.15) is 0 Å². The van der Waals surface area contributed by atoms with Gasteiger partial charge in [-0.3, -0.25) is 9.69 Å². The normalized spacial score (nSPS) is 15.7. The second-order valence-corrected chi connectivity index (χ2v) is 6.43. The van der Waals surface area contributed by atoms with Crippen molar-refractivity contribution >= 4 is 11.6 Å². The summed E-state index contributed by atoms with van der Waals surface area (Å²) >= 11 is 0. The lowest BCUT2D eigenvalue weighted by Gasteiger charge is -2.32. The van der Waals surface area contributed by atoms with Gasteiger partial charge >= 0.3 is 0 Å². The minimum atomic E-state index is -0.282. The zero-order valence-corrected chi connectivity index (χ0v) is 14.2. The first-order valence-corrected chi connectivity index (χ1v) is 8.75. The maximum atomic E-state index is 13.6. The van der Waals surface area contributed by atoms with Crippen molar-refractivity contribution in [3.63, 3.8) is 0 Å². The molecule has 0 unspecified atom stereocenters. The van der Waals surface area contributed by atoms with E-state index in [1.54, 1.807) is 18.2 Å². The van der Waals surface area contributed by atoms with Crippen LogP contribution in [0.5, 0.6) is 0 Å². The standard InChI is InChI=1S/C20H24FN3O/c21-19-9-5-4-6-16(19)14-22-20(25)15-24-12-10-18(11-13-24)23-17-7-2-1-3-8-17/h1-9,18,23H,10-15H2,(H,22,25). The molecule has 0 saturated carbocycles. The molecule has 1 heterocycles. The lowest BCUT2D eigenvalue weighted by atomic mass is 10.0. The molecule has 0 radical (unpaired) electrons. The van der Waals surface area contributed by atoms with Gasteiger partial charge in [0.2, 0.25) is 5.91 Å². The Kier molecular flexibility index (Phi) is 6.01. The summed E-state index contributed by atoms with van der Waals surface area (Å²) in [6.45, 7) is 2.37. The number of carbonyl (C=O) groups excluding carboxylic acids is 1. The predicted octanol–water partition coefficient (Wildman–Crippen LogP) is 3.02. The third-order valence-electron chi connectivity index (χ3n) is 4.53. The smallest absolute Gasteiger partial charge is 0.234 e. The molecule has 0 spiro atoms. The molecule has 2 aromatic rings. The number of likely N-dealkylation sites (tertiary alicyclic amines) is 1. The van der Waals surface area contributed by atoms with E-state index in [0.29, 0.717) is 18.2 Å². The molecule has 132 valence electrons. The van der Waals surface area contributed by atoms with Crippen LogP contribution in [0.4, 0.5) is 10.1 Å². The fourth-order valence-corrected chi connectivity index (χ4v) is 3.10. The monoisotopic (exact) mass is 341 g/mol. The molecule has 3 rings (SSSR count). The summed E-state index contributed by atoms with van der Waals surface area (Å²) in [6.07, 6.45) is 2.02. The Morgan fingerprint density at radius 2 is 1.72 bits per heavy atom. The number of carbonyl (C=O) groups is 1. The number of anilines is 1. The third kappa shape index (κ3) is 5.29.